The normalized spacial score (nSPS) is 11.8. The third kappa shape index (κ3) is 3.92. The minimum atomic E-state index is -0.519. The number of rotatable bonds is 7. The molecule has 0 fully saturated rings. The summed E-state index contributed by atoms with van der Waals surface area (Å²) < 4.78 is 5.00. The average Bonchev–Trinajstić information content (AvgIpc) is 2.45. The summed E-state index contributed by atoms with van der Waals surface area (Å²) in [5, 5.41) is 16.5. The summed E-state index contributed by atoms with van der Waals surface area (Å²) in [6, 6.07) is 4.22. The molecule has 0 aliphatic heterocycles. The standard InChI is InChI=1S/C13H19N3O4/c1-4-10(8-20-3)15-13(17)9-5-6-11(14-2)12(7-9)16(18)19/h5-7,10,14H,4,8H2,1-3H3,(H,15,17). The summed E-state index contributed by atoms with van der Waals surface area (Å²) in [4.78, 5) is 22.5. The highest BCUT2D eigenvalue weighted by Gasteiger charge is 2.18. The molecule has 1 amide bonds. The fraction of sp³-hybridized carbons (Fsp3) is 0.462. The Balaban J connectivity index is 2.93. The first-order valence-corrected chi connectivity index (χ1v) is 6.29. The number of amides is 1. The van der Waals surface area contributed by atoms with Gasteiger partial charge in [-0.3, -0.25) is 14.9 Å². The number of benzene rings is 1. The van der Waals surface area contributed by atoms with Gasteiger partial charge in [-0.25, -0.2) is 0 Å². The molecular weight excluding hydrogens is 262 g/mol. The molecule has 1 unspecified atom stereocenters. The van der Waals surface area contributed by atoms with E-state index >= 15 is 0 Å². The third-order valence-electron chi connectivity index (χ3n) is 2.92. The largest absolute Gasteiger partial charge is 0.383 e. The van der Waals surface area contributed by atoms with Crippen LogP contribution in [0, 0.1) is 10.1 Å². The van der Waals surface area contributed by atoms with Crippen LogP contribution >= 0.6 is 0 Å². The van der Waals surface area contributed by atoms with E-state index in [9.17, 15) is 14.9 Å². The Labute approximate surface area is 117 Å². The van der Waals surface area contributed by atoms with Gasteiger partial charge in [-0.05, 0) is 18.6 Å². The molecule has 7 heteroatoms. The minimum absolute atomic E-state index is 0.115. The molecule has 1 atom stereocenters. The van der Waals surface area contributed by atoms with Crippen molar-refractivity contribution in [3.05, 3.63) is 33.9 Å². The van der Waals surface area contributed by atoms with Crippen molar-refractivity contribution in [2.45, 2.75) is 19.4 Å². The zero-order valence-electron chi connectivity index (χ0n) is 11.8. The van der Waals surface area contributed by atoms with Gasteiger partial charge in [0.1, 0.15) is 5.69 Å². The van der Waals surface area contributed by atoms with Crippen molar-refractivity contribution < 1.29 is 14.5 Å². The summed E-state index contributed by atoms with van der Waals surface area (Å²) in [5.41, 5.74) is 0.501. The first-order chi connectivity index (χ1) is 9.53. The quantitative estimate of drug-likeness (QED) is 0.587. The average molecular weight is 281 g/mol. The Morgan fingerprint density at radius 1 is 1.50 bits per heavy atom. The summed E-state index contributed by atoms with van der Waals surface area (Å²) >= 11 is 0. The Hall–Kier alpha value is -2.15. The summed E-state index contributed by atoms with van der Waals surface area (Å²) in [7, 11) is 3.15. The van der Waals surface area contributed by atoms with Gasteiger partial charge in [0.15, 0.2) is 0 Å². The van der Waals surface area contributed by atoms with E-state index in [2.05, 4.69) is 10.6 Å². The number of carbonyl (C=O) groups is 1. The maximum atomic E-state index is 12.1. The molecule has 1 aromatic rings. The lowest BCUT2D eigenvalue weighted by Gasteiger charge is -2.16. The second kappa shape index (κ2) is 7.44. The molecule has 2 N–H and O–H groups in total. The Kier molecular flexibility index (Phi) is 5.92. The zero-order chi connectivity index (χ0) is 15.1. The highest BCUT2D eigenvalue weighted by atomic mass is 16.6. The molecule has 0 saturated carbocycles. The van der Waals surface area contributed by atoms with Crippen LogP contribution in [0.4, 0.5) is 11.4 Å². The van der Waals surface area contributed by atoms with Crippen LogP contribution in [-0.2, 0) is 4.74 Å². The van der Waals surface area contributed by atoms with Crippen molar-refractivity contribution in [2.24, 2.45) is 0 Å². The van der Waals surface area contributed by atoms with Gasteiger partial charge in [-0.1, -0.05) is 6.92 Å². The summed E-state index contributed by atoms with van der Waals surface area (Å²) in [6.07, 6.45) is 0.719. The highest BCUT2D eigenvalue weighted by Crippen LogP contribution is 2.25. The van der Waals surface area contributed by atoms with Crippen LogP contribution < -0.4 is 10.6 Å². The molecule has 0 aliphatic carbocycles. The summed E-state index contributed by atoms with van der Waals surface area (Å²) in [5.74, 6) is -0.348. The smallest absolute Gasteiger partial charge is 0.293 e. The molecule has 0 radical (unpaired) electrons. The van der Waals surface area contributed by atoms with Gasteiger partial charge in [-0.15, -0.1) is 0 Å². The molecular formula is C13H19N3O4. The number of nitro groups is 1. The predicted molar refractivity (Wildman–Crippen MR) is 76.1 cm³/mol. The number of nitrogens with zero attached hydrogens (tertiary/aromatic N) is 1. The number of anilines is 1. The van der Waals surface area contributed by atoms with Crippen LogP contribution in [-0.4, -0.2) is 37.6 Å². The van der Waals surface area contributed by atoms with Crippen LogP contribution in [0.1, 0.15) is 23.7 Å². The molecule has 0 spiro atoms. The van der Waals surface area contributed by atoms with E-state index in [1.165, 1.54) is 12.1 Å². The number of nitrogens with one attached hydrogen (secondary N) is 2. The van der Waals surface area contributed by atoms with E-state index in [0.29, 0.717) is 12.3 Å². The second-order valence-corrected chi connectivity index (χ2v) is 4.27. The first-order valence-electron chi connectivity index (χ1n) is 6.29. The topological polar surface area (TPSA) is 93.5 Å². The maximum absolute atomic E-state index is 12.1. The van der Waals surface area contributed by atoms with Gasteiger partial charge >= 0.3 is 0 Å². The molecule has 0 heterocycles. The molecule has 0 aliphatic rings. The van der Waals surface area contributed by atoms with E-state index in [1.54, 1.807) is 20.2 Å². The third-order valence-corrected chi connectivity index (χ3v) is 2.92. The van der Waals surface area contributed by atoms with Gasteiger partial charge in [0, 0.05) is 25.8 Å². The fourth-order valence-corrected chi connectivity index (χ4v) is 1.77. The van der Waals surface area contributed by atoms with Crippen LogP contribution in [0.3, 0.4) is 0 Å². The van der Waals surface area contributed by atoms with E-state index in [1.807, 2.05) is 6.92 Å². The van der Waals surface area contributed by atoms with Crippen LogP contribution in [0.25, 0.3) is 0 Å². The molecule has 20 heavy (non-hydrogen) atoms. The number of hydrogen-bond donors (Lipinski definition) is 2. The van der Waals surface area contributed by atoms with Crippen molar-refractivity contribution in [3.63, 3.8) is 0 Å². The van der Waals surface area contributed by atoms with Crippen molar-refractivity contribution >= 4 is 17.3 Å². The summed E-state index contributed by atoms with van der Waals surface area (Å²) in [6.45, 7) is 2.33. The Bertz CT molecular complexity index is 491. The molecule has 0 saturated heterocycles. The molecule has 7 nitrogen and oxygen atoms in total. The lowest BCUT2D eigenvalue weighted by atomic mass is 10.1. The van der Waals surface area contributed by atoms with E-state index in [-0.39, 0.29) is 23.2 Å². The molecule has 0 bridgehead atoms. The number of ether oxygens (including phenoxy) is 1. The van der Waals surface area contributed by atoms with Gasteiger partial charge in [0.25, 0.3) is 11.6 Å². The number of carbonyl (C=O) groups excluding carboxylic acids is 1. The van der Waals surface area contributed by atoms with Crippen molar-refractivity contribution in [1.82, 2.24) is 5.32 Å². The number of methoxy groups -OCH3 is 1. The maximum Gasteiger partial charge on any atom is 0.293 e. The minimum Gasteiger partial charge on any atom is -0.383 e. The Morgan fingerprint density at radius 3 is 2.70 bits per heavy atom. The Morgan fingerprint density at radius 2 is 2.20 bits per heavy atom. The van der Waals surface area contributed by atoms with E-state index in [0.717, 1.165) is 6.42 Å². The van der Waals surface area contributed by atoms with E-state index < -0.39 is 4.92 Å². The number of nitro benzene ring substituents is 1. The van der Waals surface area contributed by atoms with Gasteiger partial charge in [-0.2, -0.15) is 0 Å². The molecule has 0 aromatic heterocycles. The van der Waals surface area contributed by atoms with Gasteiger partial charge in [0.05, 0.1) is 17.6 Å². The monoisotopic (exact) mass is 281 g/mol. The zero-order valence-corrected chi connectivity index (χ0v) is 11.8. The fourth-order valence-electron chi connectivity index (χ4n) is 1.77. The predicted octanol–water partition coefficient (Wildman–Crippen LogP) is 1.79. The van der Waals surface area contributed by atoms with Crippen molar-refractivity contribution in [3.8, 4) is 0 Å². The van der Waals surface area contributed by atoms with Gasteiger partial charge in [0.2, 0.25) is 0 Å². The van der Waals surface area contributed by atoms with Crippen LogP contribution in [0.5, 0.6) is 0 Å². The molecule has 1 aromatic carbocycles. The van der Waals surface area contributed by atoms with E-state index in [4.69, 9.17) is 4.74 Å². The van der Waals surface area contributed by atoms with Crippen molar-refractivity contribution in [2.75, 3.05) is 26.1 Å². The van der Waals surface area contributed by atoms with Crippen LogP contribution in [0.2, 0.25) is 0 Å². The van der Waals surface area contributed by atoms with Crippen LogP contribution in [0.15, 0.2) is 18.2 Å². The lowest BCUT2D eigenvalue weighted by Crippen LogP contribution is -2.37. The molecule has 1 rings (SSSR count). The SMILES string of the molecule is CCC(COC)NC(=O)c1ccc(NC)c([N+](=O)[O-])c1. The molecule has 110 valence electrons. The number of hydrogen-bond acceptors (Lipinski definition) is 5. The first kappa shape index (κ1) is 15.9. The second-order valence-electron chi connectivity index (χ2n) is 4.27. The van der Waals surface area contributed by atoms with Crippen molar-refractivity contribution in [1.29, 1.82) is 0 Å². The lowest BCUT2D eigenvalue weighted by molar-refractivity contribution is -0.384. The van der Waals surface area contributed by atoms with Gasteiger partial charge < -0.3 is 15.4 Å². The highest BCUT2D eigenvalue weighted by molar-refractivity contribution is 5.95.